The molecule has 1 aromatic carbocycles. The van der Waals surface area contributed by atoms with Gasteiger partial charge in [-0.2, -0.15) is 0 Å². The molecule has 0 fully saturated rings. The first-order chi connectivity index (χ1) is 8.54. The maximum absolute atomic E-state index is 11.7. The van der Waals surface area contributed by atoms with Crippen LogP contribution in [-0.2, 0) is 4.74 Å². The quantitative estimate of drug-likeness (QED) is 0.686. The Kier molecular flexibility index (Phi) is 5.48. The second-order valence-corrected chi connectivity index (χ2v) is 3.97. The molecular weight excluding hydrogens is 281 g/mol. The van der Waals surface area contributed by atoms with Crippen LogP contribution >= 0.6 is 23.2 Å². The second kappa shape index (κ2) is 6.88. The molecule has 96 valence electrons. The van der Waals surface area contributed by atoms with Gasteiger partial charge in [0, 0.05) is 6.20 Å². The lowest BCUT2D eigenvalue weighted by Crippen LogP contribution is -2.19. The second-order valence-electron chi connectivity index (χ2n) is 2.96. The normalized spacial score (nSPS) is 9.28. The van der Waals surface area contributed by atoms with E-state index in [0.29, 0.717) is 0 Å². The molecule has 0 saturated carbocycles. The van der Waals surface area contributed by atoms with Crippen molar-refractivity contribution in [1.82, 2.24) is 5.32 Å². The van der Waals surface area contributed by atoms with Gasteiger partial charge in [0.15, 0.2) is 0 Å². The number of hydrogen-bond donors (Lipinski definition) is 1. The molecule has 0 bridgehead atoms. The summed E-state index contributed by atoms with van der Waals surface area (Å²) in [5.41, 5.74) is 0.147. The topological polar surface area (TPSA) is 64.6 Å². The first-order valence-electron chi connectivity index (χ1n) is 4.71. The average Bonchev–Trinajstić information content (AvgIpc) is 2.36. The Morgan fingerprint density at radius 2 is 1.94 bits per heavy atom. The molecule has 0 aromatic heterocycles. The molecule has 5 nitrogen and oxygen atoms in total. The van der Waals surface area contributed by atoms with Gasteiger partial charge in [-0.3, -0.25) is 4.79 Å². The Balaban J connectivity index is 2.91. The van der Waals surface area contributed by atoms with E-state index >= 15 is 0 Å². The van der Waals surface area contributed by atoms with Crippen molar-refractivity contribution in [2.45, 2.75) is 0 Å². The van der Waals surface area contributed by atoms with Crippen molar-refractivity contribution in [2.75, 3.05) is 7.11 Å². The number of methoxy groups -OCH3 is 1. The van der Waals surface area contributed by atoms with Crippen molar-refractivity contribution in [3.8, 4) is 5.75 Å². The summed E-state index contributed by atoms with van der Waals surface area (Å²) >= 11 is 10.7. The summed E-state index contributed by atoms with van der Waals surface area (Å²) in [6.45, 7) is 0. The van der Waals surface area contributed by atoms with Gasteiger partial charge in [0.25, 0.3) is 5.91 Å². The number of carbonyl (C=O) groups excluding carboxylic acids is 2. The number of nitrogens with one attached hydrogen (secondary N) is 1. The number of hydrogen-bond acceptors (Lipinski definition) is 4. The zero-order valence-corrected chi connectivity index (χ0v) is 10.8. The smallest absolute Gasteiger partial charge is 0.437 e. The van der Waals surface area contributed by atoms with Crippen LogP contribution in [0.1, 0.15) is 10.4 Å². The number of amides is 1. The van der Waals surface area contributed by atoms with Crippen LogP contribution in [0.2, 0.25) is 0 Å². The van der Waals surface area contributed by atoms with E-state index in [1.54, 1.807) is 12.1 Å². The molecule has 1 aromatic rings. The van der Waals surface area contributed by atoms with Crippen LogP contribution < -0.4 is 10.1 Å². The monoisotopic (exact) mass is 289 g/mol. The van der Waals surface area contributed by atoms with E-state index in [0.717, 1.165) is 6.20 Å². The van der Waals surface area contributed by atoms with E-state index in [2.05, 4.69) is 10.1 Å². The molecular formula is C11H9Cl2NO4. The van der Waals surface area contributed by atoms with Gasteiger partial charge in [-0.25, -0.2) is 4.79 Å². The van der Waals surface area contributed by atoms with Crippen molar-refractivity contribution < 1.29 is 19.1 Å². The van der Waals surface area contributed by atoms with Crippen LogP contribution in [0.15, 0.2) is 35.0 Å². The third kappa shape index (κ3) is 4.27. The average molecular weight is 290 g/mol. The van der Waals surface area contributed by atoms with Gasteiger partial charge in [0.2, 0.25) is 0 Å². The van der Waals surface area contributed by atoms with E-state index in [1.165, 1.54) is 19.2 Å². The van der Waals surface area contributed by atoms with Crippen LogP contribution in [0, 0.1) is 0 Å². The summed E-state index contributed by atoms with van der Waals surface area (Å²) in [6, 6.07) is 6.16. The maximum Gasteiger partial charge on any atom is 0.513 e. The summed E-state index contributed by atoms with van der Waals surface area (Å²) in [6.07, 6.45) is 0.196. The molecule has 0 unspecified atom stereocenters. The predicted octanol–water partition coefficient (Wildman–Crippen LogP) is 2.84. The Bertz CT molecular complexity index is 484. The number of para-hydroxylation sites is 1. The van der Waals surface area contributed by atoms with Crippen molar-refractivity contribution in [3.05, 3.63) is 40.5 Å². The Hall–Kier alpha value is -1.72. The minimum atomic E-state index is -0.916. The molecule has 1 rings (SSSR count). The van der Waals surface area contributed by atoms with Gasteiger partial charge < -0.3 is 14.8 Å². The molecule has 1 amide bonds. The lowest BCUT2D eigenvalue weighted by atomic mass is 10.2. The SMILES string of the molecule is COC(=O)Oc1ccccc1C(=O)NC=C(Cl)Cl. The number of halogens is 2. The molecule has 18 heavy (non-hydrogen) atoms. The highest BCUT2D eigenvalue weighted by molar-refractivity contribution is 6.55. The zero-order valence-electron chi connectivity index (χ0n) is 9.28. The number of rotatable bonds is 3. The van der Waals surface area contributed by atoms with Crippen LogP contribution in [0.3, 0.4) is 0 Å². The highest BCUT2D eigenvalue weighted by Crippen LogP contribution is 2.18. The first kappa shape index (κ1) is 14.3. The molecule has 0 spiro atoms. The first-order valence-corrected chi connectivity index (χ1v) is 5.47. The molecule has 0 saturated heterocycles. The van der Waals surface area contributed by atoms with E-state index in [4.69, 9.17) is 27.9 Å². The molecule has 0 aliphatic carbocycles. The van der Waals surface area contributed by atoms with E-state index < -0.39 is 12.1 Å². The van der Waals surface area contributed by atoms with Gasteiger partial charge >= 0.3 is 6.16 Å². The maximum atomic E-state index is 11.7. The van der Waals surface area contributed by atoms with Crippen molar-refractivity contribution >= 4 is 35.3 Å². The lowest BCUT2D eigenvalue weighted by molar-refractivity contribution is 0.0963. The predicted molar refractivity (Wildman–Crippen MR) is 66.7 cm³/mol. The summed E-state index contributed by atoms with van der Waals surface area (Å²) in [5, 5.41) is 2.33. The van der Waals surface area contributed by atoms with Gasteiger partial charge in [-0.15, -0.1) is 0 Å². The molecule has 0 atom stereocenters. The van der Waals surface area contributed by atoms with E-state index in [9.17, 15) is 9.59 Å². The minimum Gasteiger partial charge on any atom is -0.437 e. The summed E-state index contributed by atoms with van der Waals surface area (Å²) < 4.78 is 9.05. The van der Waals surface area contributed by atoms with Crippen LogP contribution in [0.25, 0.3) is 0 Å². The van der Waals surface area contributed by atoms with E-state index in [-0.39, 0.29) is 15.8 Å². The Morgan fingerprint density at radius 3 is 2.56 bits per heavy atom. The number of benzene rings is 1. The van der Waals surface area contributed by atoms with Gasteiger partial charge in [0.05, 0.1) is 12.7 Å². The van der Waals surface area contributed by atoms with Gasteiger partial charge in [0.1, 0.15) is 10.2 Å². The highest BCUT2D eigenvalue weighted by Gasteiger charge is 2.14. The summed E-state index contributed by atoms with van der Waals surface area (Å²) in [7, 11) is 1.17. The third-order valence-corrected chi connectivity index (χ3v) is 2.02. The third-order valence-electron chi connectivity index (χ3n) is 1.80. The number of carbonyl (C=O) groups is 2. The van der Waals surface area contributed by atoms with Crippen molar-refractivity contribution in [2.24, 2.45) is 0 Å². The fourth-order valence-electron chi connectivity index (χ4n) is 1.07. The van der Waals surface area contributed by atoms with E-state index in [1.807, 2.05) is 0 Å². The fourth-order valence-corrected chi connectivity index (χ4v) is 1.18. The highest BCUT2D eigenvalue weighted by atomic mass is 35.5. The molecule has 1 N–H and O–H groups in total. The van der Waals surface area contributed by atoms with Gasteiger partial charge in [-0.05, 0) is 12.1 Å². The summed E-state index contributed by atoms with van der Waals surface area (Å²) in [5.74, 6) is -0.450. The molecule has 0 heterocycles. The molecule has 0 radical (unpaired) electrons. The zero-order chi connectivity index (χ0) is 13.5. The standard InChI is InChI=1S/C11H9Cl2NO4/c1-17-11(16)18-8-5-3-2-4-7(8)10(15)14-6-9(12)13/h2-6H,1H3,(H,14,15). The van der Waals surface area contributed by atoms with Crippen LogP contribution in [-0.4, -0.2) is 19.2 Å². The summed E-state index contributed by atoms with van der Waals surface area (Å²) in [4.78, 5) is 22.7. The van der Waals surface area contributed by atoms with Crippen molar-refractivity contribution in [1.29, 1.82) is 0 Å². The molecule has 0 aliphatic rings. The van der Waals surface area contributed by atoms with Gasteiger partial charge in [-0.1, -0.05) is 35.3 Å². The Labute approximate surface area is 113 Å². The van der Waals surface area contributed by atoms with Crippen LogP contribution in [0.4, 0.5) is 4.79 Å². The lowest BCUT2D eigenvalue weighted by Gasteiger charge is -2.07. The van der Waals surface area contributed by atoms with Crippen molar-refractivity contribution in [3.63, 3.8) is 0 Å². The minimum absolute atomic E-state index is 0.0703. The largest absolute Gasteiger partial charge is 0.513 e. The van der Waals surface area contributed by atoms with Crippen LogP contribution in [0.5, 0.6) is 5.75 Å². The fraction of sp³-hybridized carbons (Fsp3) is 0.0909. The number of ether oxygens (including phenoxy) is 2. The molecule has 0 aliphatic heterocycles. The Morgan fingerprint density at radius 1 is 1.28 bits per heavy atom. The molecule has 7 heteroatoms.